The number of hydrogen-bond donors (Lipinski definition) is 0. The number of rotatable bonds is 2. The molecule has 7 heteroatoms. The number of hydrogen-bond acceptors (Lipinski definition) is 6. The highest BCUT2D eigenvalue weighted by atomic mass is 32.2. The van der Waals surface area contributed by atoms with Crippen molar-refractivity contribution in [2.75, 3.05) is 39.8 Å². The first-order chi connectivity index (χ1) is 10.9. The lowest BCUT2D eigenvalue weighted by Gasteiger charge is -2.41. The van der Waals surface area contributed by atoms with Crippen molar-refractivity contribution in [1.29, 1.82) is 0 Å². The molecule has 1 saturated heterocycles. The van der Waals surface area contributed by atoms with Crippen molar-refractivity contribution in [2.24, 2.45) is 16.8 Å². The molecule has 1 saturated carbocycles. The third kappa shape index (κ3) is 3.34. The monoisotopic (exact) mass is 339 g/mol. The minimum Gasteiger partial charge on any atom is -0.469 e. The lowest BCUT2D eigenvalue weighted by atomic mass is 9.72. The molecular formula is C16H25N3O3S. The van der Waals surface area contributed by atoms with Crippen LogP contribution in [-0.4, -0.2) is 71.4 Å². The van der Waals surface area contributed by atoms with E-state index in [2.05, 4.69) is 23.7 Å². The van der Waals surface area contributed by atoms with Crippen molar-refractivity contribution in [3.63, 3.8) is 0 Å². The summed E-state index contributed by atoms with van der Waals surface area (Å²) >= 11 is 1.82. The summed E-state index contributed by atoms with van der Waals surface area (Å²) in [6, 6.07) is 0. The second-order valence-electron chi connectivity index (χ2n) is 7.09. The number of piperazine rings is 1. The first kappa shape index (κ1) is 16.6. The van der Waals surface area contributed by atoms with Crippen LogP contribution in [0.2, 0.25) is 0 Å². The largest absolute Gasteiger partial charge is 0.469 e. The van der Waals surface area contributed by atoms with E-state index in [4.69, 9.17) is 4.74 Å². The molecule has 1 aliphatic carbocycles. The second-order valence-corrected chi connectivity index (χ2v) is 8.76. The highest BCUT2D eigenvalue weighted by Gasteiger charge is 2.44. The van der Waals surface area contributed by atoms with E-state index in [0.29, 0.717) is 13.1 Å². The van der Waals surface area contributed by atoms with Crippen LogP contribution in [0.5, 0.6) is 0 Å². The van der Waals surface area contributed by atoms with E-state index in [9.17, 15) is 9.59 Å². The van der Waals surface area contributed by atoms with Crippen LogP contribution < -0.4 is 0 Å². The third-order valence-electron chi connectivity index (χ3n) is 4.92. The highest BCUT2D eigenvalue weighted by molar-refractivity contribution is 8.15. The maximum atomic E-state index is 12.6. The Morgan fingerprint density at radius 2 is 1.83 bits per heavy atom. The zero-order valence-corrected chi connectivity index (χ0v) is 14.9. The number of carbonyl (C=O) groups excluding carboxylic acids is 2. The molecule has 0 aromatic heterocycles. The zero-order chi connectivity index (χ0) is 16.6. The fourth-order valence-corrected chi connectivity index (χ4v) is 4.38. The zero-order valence-electron chi connectivity index (χ0n) is 14.1. The predicted molar refractivity (Wildman–Crippen MR) is 90.4 cm³/mol. The van der Waals surface area contributed by atoms with Gasteiger partial charge in [0.1, 0.15) is 0 Å². The van der Waals surface area contributed by atoms with E-state index in [0.717, 1.165) is 37.6 Å². The first-order valence-corrected chi connectivity index (χ1v) is 9.08. The van der Waals surface area contributed by atoms with E-state index in [-0.39, 0.29) is 28.5 Å². The molecule has 2 aliphatic heterocycles. The van der Waals surface area contributed by atoms with Gasteiger partial charge in [-0.25, -0.2) is 0 Å². The van der Waals surface area contributed by atoms with Gasteiger partial charge in [-0.3, -0.25) is 14.6 Å². The molecule has 6 nitrogen and oxygen atoms in total. The maximum Gasteiger partial charge on any atom is 0.309 e. The topological polar surface area (TPSA) is 62.2 Å². The average Bonchev–Trinajstić information content (AvgIpc) is 2.86. The lowest BCUT2D eigenvalue weighted by molar-refractivity contribution is -0.159. The SMILES string of the molecule is COC(=O)[C@H]1CC[C@H]1C(=O)N1CCN(C2=NCC(C)(C)S2)CC1. The van der Waals surface area contributed by atoms with Crippen LogP contribution in [0.15, 0.2) is 4.99 Å². The second kappa shape index (κ2) is 6.34. The van der Waals surface area contributed by atoms with Crippen LogP contribution in [0.4, 0.5) is 0 Å². The van der Waals surface area contributed by atoms with Crippen LogP contribution in [0, 0.1) is 11.8 Å². The van der Waals surface area contributed by atoms with Gasteiger partial charge in [0.2, 0.25) is 5.91 Å². The molecule has 0 unspecified atom stereocenters. The van der Waals surface area contributed by atoms with Gasteiger partial charge in [-0.05, 0) is 26.7 Å². The molecule has 0 radical (unpaired) electrons. The average molecular weight is 339 g/mol. The Kier molecular flexibility index (Phi) is 4.58. The Morgan fingerprint density at radius 1 is 1.17 bits per heavy atom. The van der Waals surface area contributed by atoms with Crippen molar-refractivity contribution >= 4 is 28.8 Å². The fourth-order valence-electron chi connectivity index (χ4n) is 3.32. The van der Waals surface area contributed by atoms with E-state index in [1.165, 1.54) is 7.11 Å². The molecule has 2 atom stereocenters. The summed E-state index contributed by atoms with van der Waals surface area (Å²) in [6.07, 6.45) is 1.57. The van der Waals surface area contributed by atoms with Crippen LogP contribution in [-0.2, 0) is 14.3 Å². The Bertz CT molecular complexity index is 527. The maximum absolute atomic E-state index is 12.6. The molecule has 3 aliphatic rings. The summed E-state index contributed by atoms with van der Waals surface area (Å²) in [7, 11) is 1.39. The molecule has 23 heavy (non-hydrogen) atoms. The molecule has 0 aromatic rings. The number of amidine groups is 1. The Morgan fingerprint density at radius 3 is 2.30 bits per heavy atom. The Hall–Kier alpha value is -1.24. The molecule has 1 amide bonds. The van der Waals surface area contributed by atoms with Crippen molar-refractivity contribution < 1.29 is 14.3 Å². The van der Waals surface area contributed by atoms with Gasteiger partial charge in [-0.15, -0.1) is 0 Å². The molecule has 128 valence electrons. The summed E-state index contributed by atoms with van der Waals surface area (Å²) in [4.78, 5) is 33.1. The number of amides is 1. The van der Waals surface area contributed by atoms with Crippen molar-refractivity contribution in [2.45, 2.75) is 31.4 Å². The van der Waals surface area contributed by atoms with Gasteiger partial charge in [0.15, 0.2) is 5.17 Å². The van der Waals surface area contributed by atoms with E-state index < -0.39 is 0 Å². The molecule has 0 bridgehead atoms. The molecule has 2 fully saturated rings. The number of nitrogens with zero attached hydrogens (tertiary/aromatic N) is 3. The molecule has 3 rings (SSSR count). The van der Waals surface area contributed by atoms with Gasteiger partial charge in [0.05, 0.1) is 25.5 Å². The van der Waals surface area contributed by atoms with Gasteiger partial charge in [-0.2, -0.15) is 0 Å². The van der Waals surface area contributed by atoms with Gasteiger partial charge in [0.25, 0.3) is 0 Å². The number of thioether (sulfide) groups is 1. The van der Waals surface area contributed by atoms with Crippen LogP contribution in [0.25, 0.3) is 0 Å². The quantitative estimate of drug-likeness (QED) is 0.708. The minimum absolute atomic E-state index is 0.118. The summed E-state index contributed by atoms with van der Waals surface area (Å²) in [6.45, 7) is 8.34. The molecule has 0 N–H and O–H groups in total. The van der Waals surface area contributed by atoms with Gasteiger partial charge in [-0.1, -0.05) is 11.8 Å². The standard InChI is InChI=1S/C16H25N3O3S/c1-16(2)10-17-15(23-16)19-8-6-18(7-9-19)13(20)11-4-5-12(11)14(21)22-3/h11-12H,4-10H2,1-3H3/t11-,12+/m1/s1. The molecular weight excluding hydrogens is 314 g/mol. The van der Waals surface area contributed by atoms with E-state index in [1.807, 2.05) is 16.7 Å². The predicted octanol–water partition coefficient (Wildman–Crippen LogP) is 1.21. The molecule has 0 aromatic carbocycles. The number of ether oxygens (including phenoxy) is 1. The lowest BCUT2D eigenvalue weighted by Crippen LogP contribution is -2.54. The fraction of sp³-hybridized carbons (Fsp3) is 0.812. The van der Waals surface area contributed by atoms with Crippen molar-refractivity contribution in [3.05, 3.63) is 0 Å². The number of aliphatic imine (C=N–C) groups is 1. The van der Waals surface area contributed by atoms with E-state index >= 15 is 0 Å². The normalized spacial score (nSPS) is 29.8. The molecule has 2 heterocycles. The van der Waals surface area contributed by atoms with Gasteiger partial charge in [0, 0.05) is 30.9 Å². The smallest absolute Gasteiger partial charge is 0.309 e. The summed E-state index contributed by atoms with van der Waals surface area (Å²) in [5, 5.41) is 1.11. The van der Waals surface area contributed by atoms with Crippen LogP contribution >= 0.6 is 11.8 Å². The summed E-state index contributed by atoms with van der Waals surface area (Å²) in [5.74, 6) is -0.535. The van der Waals surface area contributed by atoms with E-state index in [1.54, 1.807) is 0 Å². The first-order valence-electron chi connectivity index (χ1n) is 8.26. The summed E-state index contributed by atoms with van der Waals surface area (Å²) in [5.41, 5.74) is 0. The number of methoxy groups -OCH3 is 1. The summed E-state index contributed by atoms with van der Waals surface area (Å²) < 4.78 is 4.97. The number of esters is 1. The van der Waals surface area contributed by atoms with Crippen LogP contribution in [0.3, 0.4) is 0 Å². The van der Waals surface area contributed by atoms with Crippen LogP contribution in [0.1, 0.15) is 26.7 Å². The van der Waals surface area contributed by atoms with Crippen molar-refractivity contribution in [3.8, 4) is 0 Å². The minimum atomic E-state index is -0.243. The molecule has 0 spiro atoms. The van der Waals surface area contributed by atoms with Crippen molar-refractivity contribution in [1.82, 2.24) is 9.80 Å². The van der Waals surface area contributed by atoms with Gasteiger partial charge < -0.3 is 14.5 Å². The number of carbonyl (C=O) groups is 2. The highest BCUT2D eigenvalue weighted by Crippen LogP contribution is 2.37. The Balaban J connectivity index is 1.51. The third-order valence-corrected chi connectivity index (χ3v) is 6.17. The van der Waals surface area contributed by atoms with Gasteiger partial charge >= 0.3 is 5.97 Å². The Labute approximate surface area is 141 Å².